The number of rotatable bonds is 2. The van der Waals surface area contributed by atoms with Crippen molar-refractivity contribution in [3.8, 4) is 6.07 Å². The summed E-state index contributed by atoms with van der Waals surface area (Å²) in [6, 6.07) is 8.52. The van der Waals surface area contributed by atoms with E-state index in [4.69, 9.17) is 0 Å². The van der Waals surface area contributed by atoms with E-state index in [2.05, 4.69) is 11.1 Å². The minimum atomic E-state index is -2.65. The number of carbonyl (C=O) groups is 1. The lowest BCUT2D eigenvalue weighted by molar-refractivity contribution is -0.0483. The molecule has 134 valence electrons. The van der Waals surface area contributed by atoms with Gasteiger partial charge in [-0.1, -0.05) is 24.3 Å². The SMILES string of the molecule is N#C[C@@H]1CN(C2CCC(F)(F)CC2)C(=O)N1c1cncc2ccccc12. The molecular formula is C19H18F2N4O. The van der Waals surface area contributed by atoms with Gasteiger partial charge in [0.15, 0.2) is 0 Å². The van der Waals surface area contributed by atoms with Gasteiger partial charge in [0.1, 0.15) is 6.04 Å². The van der Waals surface area contributed by atoms with Crippen LogP contribution in [0.3, 0.4) is 0 Å². The second-order valence-corrected chi connectivity index (χ2v) is 6.92. The van der Waals surface area contributed by atoms with Gasteiger partial charge in [-0.15, -0.1) is 0 Å². The molecule has 0 N–H and O–H groups in total. The van der Waals surface area contributed by atoms with E-state index in [-0.39, 0.29) is 44.3 Å². The van der Waals surface area contributed by atoms with Crippen molar-refractivity contribution in [3.63, 3.8) is 0 Å². The van der Waals surface area contributed by atoms with Crippen LogP contribution in [0.4, 0.5) is 19.3 Å². The fourth-order valence-electron chi connectivity index (χ4n) is 3.92. The van der Waals surface area contributed by atoms with Crippen LogP contribution >= 0.6 is 0 Å². The molecule has 0 spiro atoms. The molecule has 2 heterocycles. The highest BCUT2D eigenvalue weighted by Gasteiger charge is 2.45. The zero-order valence-corrected chi connectivity index (χ0v) is 14.1. The monoisotopic (exact) mass is 356 g/mol. The molecule has 2 amide bonds. The van der Waals surface area contributed by atoms with Gasteiger partial charge in [0, 0.05) is 35.9 Å². The number of hydrogen-bond acceptors (Lipinski definition) is 3. The number of hydrogen-bond donors (Lipinski definition) is 0. The summed E-state index contributed by atoms with van der Waals surface area (Å²) in [6.45, 7) is 0.231. The van der Waals surface area contributed by atoms with Crippen LogP contribution in [0, 0.1) is 11.3 Å². The molecule has 2 aliphatic rings. The molecule has 1 aliphatic carbocycles. The summed E-state index contributed by atoms with van der Waals surface area (Å²) in [6.07, 6.45) is 3.39. The summed E-state index contributed by atoms with van der Waals surface area (Å²) in [5, 5.41) is 11.3. The zero-order chi connectivity index (χ0) is 18.3. The van der Waals surface area contributed by atoms with Gasteiger partial charge >= 0.3 is 6.03 Å². The molecule has 0 radical (unpaired) electrons. The van der Waals surface area contributed by atoms with Crippen LogP contribution in [-0.2, 0) is 0 Å². The number of amides is 2. The van der Waals surface area contributed by atoms with Gasteiger partial charge in [-0.25, -0.2) is 13.6 Å². The first-order chi connectivity index (χ1) is 12.5. The summed E-state index contributed by atoms with van der Waals surface area (Å²) in [7, 11) is 0. The Hall–Kier alpha value is -2.75. The van der Waals surface area contributed by atoms with E-state index in [1.54, 1.807) is 17.3 Å². The standard InChI is InChI=1S/C19H18F2N4O/c20-19(21)7-5-14(6-8-19)24-12-15(9-22)25(18(24)26)17-11-23-10-13-3-1-2-4-16(13)17/h1-4,10-11,14-15H,5-8,12H2/t15-/m1/s1. The Morgan fingerprint density at radius 2 is 1.92 bits per heavy atom. The third-order valence-electron chi connectivity index (χ3n) is 5.32. The average Bonchev–Trinajstić information content (AvgIpc) is 2.97. The molecule has 0 unspecified atom stereocenters. The molecule has 2 fully saturated rings. The van der Waals surface area contributed by atoms with Crippen molar-refractivity contribution in [1.82, 2.24) is 9.88 Å². The van der Waals surface area contributed by atoms with Crippen LogP contribution in [0.15, 0.2) is 36.7 Å². The quantitative estimate of drug-likeness (QED) is 0.819. The highest BCUT2D eigenvalue weighted by atomic mass is 19.3. The summed E-state index contributed by atoms with van der Waals surface area (Å²) >= 11 is 0. The maximum absolute atomic E-state index is 13.4. The number of halogens is 2. The predicted molar refractivity (Wildman–Crippen MR) is 92.9 cm³/mol. The van der Waals surface area contributed by atoms with Crippen molar-refractivity contribution in [1.29, 1.82) is 5.26 Å². The minimum Gasteiger partial charge on any atom is -0.318 e. The minimum absolute atomic E-state index is 0.214. The van der Waals surface area contributed by atoms with Gasteiger partial charge in [0.25, 0.3) is 0 Å². The van der Waals surface area contributed by atoms with E-state index < -0.39 is 12.0 Å². The normalized spacial score (nSPS) is 23.4. The van der Waals surface area contributed by atoms with Crippen molar-refractivity contribution < 1.29 is 13.6 Å². The summed E-state index contributed by atoms with van der Waals surface area (Å²) < 4.78 is 26.9. The maximum atomic E-state index is 13.4. The third-order valence-corrected chi connectivity index (χ3v) is 5.32. The lowest BCUT2D eigenvalue weighted by atomic mass is 9.91. The predicted octanol–water partition coefficient (Wildman–Crippen LogP) is 3.95. The van der Waals surface area contributed by atoms with Crippen LogP contribution in [-0.4, -0.2) is 40.5 Å². The lowest BCUT2D eigenvalue weighted by Gasteiger charge is -2.34. The highest BCUT2D eigenvalue weighted by Crippen LogP contribution is 2.38. The first-order valence-corrected chi connectivity index (χ1v) is 8.70. The number of alkyl halides is 2. The van der Waals surface area contributed by atoms with Crippen LogP contribution in [0.1, 0.15) is 25.7 Å². The van der Waals surface area contributed by atoms with E-state index >= 15 is 0 Å². The second kappa shape index (κ2) is 6.20. The number of carbonyl (C=O) groups excluding carboxylic acids is 1. The van der Waals surface area contributed by atoms with Crippen molar-refractivity contribution in [2.75, 3.05) is 11.4 Å². The molecule has 1 aromatic heterocycles. The Bertz CT molecular complexity index is 879. The van der Waals surface area contributed by atoms with Gasteiger partial charge < -0.3 is 4.90 Å². The maximum Gasteiger partial charge on any atom is 0.326 e. The highest BCUT2D eigenvalue weighted by molar-refractivity contribution is 6.04. The number of nitriles is 1. The smallest absolute Gasteiger partial charge is 0.318 e. The van der Waals surface area contributed by atoms with Gasteiger partial charge in [-0.3, -0.25) is 9.88 Å². The Balaban J connectivity index is 1.66. The number of pyridine rings is 1. The average molecular weight is 356 g/mol. The Morgan fingerprint density at radius 3 is 2.65 bits per heavy atom. The van der Waals surface area contributed by atoms with Crippen molar-refractivity contribution in [2.24, 2.45) is 0 Å². The number of urea groups is 1. The molecule has 1 aromatic carbocycles. The van der Waals surface area contributed by atoms with Gasteiger partial charge in [-0.2, -0.15) is 5.26 Å². The molecule has 1 saturated heterocycles. The van der Waals surface area contributed by atoms with E-state index in [9.17, 15) is 18.8 Å². The second-order valence-electron chi connectivity index (χ2n) is 6.92. The van der Waals surface area contributed by atoms with Crippen molar-refractivity contribution >= 4 is 22.5 Å². The number of benzene rings is 1. The lowest BCUT2D eigenvalue weighted by Crippen LogP contribution is -2.43. The van der Waals surface area contributed by atoms with Crippen LogP contribution < -0.4 is 4.90 Å². The number of nitrogens with zero attached hydrogens (tertiary/aromatic N) is 4. The summed E-state index contributed by atoms with van der Waals surface area (Å²) in [4.78, 5) is 20.3. The Labute approximate surface area is 149 Å². The van der Waals surface area contributed by atoms with Crippen LogP contribution in [0.25, 0.3) is 10.8 Å². The van der Waals surface area contributed by atoms with E-state index in [1.807, 2.05) is 24.3 Å². The van der Waals surface area contributed by atoms with E-state index in [0.29, 0.717) is 5.69 Å². The molecule has 1 aliphatic heterocycles. The Kier molecular flexibility index (Phi) is 3.98. The first-order valence-electron chi connectivity index (χ1n) is 8.70. The third kappa shape index (κ3) is 2.75. The summed E-state index contributed by atoms with van der Waals surface area (Å²) in [5.74, 6) is -2.65. The van der Waals surface area contributed by atoms with E-state index in [0.717, 1.165) is 10.8 Å². The molecule has 5 nitrogen and oxygen atoms in total. The van der Waals surface area contributed by atoms with Gasteiger partial charge in [0.05, 0.1) is 24.5 Å². The van der Waals surface area contributed by atoms with Gasteiger partial charge in [0.2, 0.25) is 5.92 Å². The zero-order valence-electron chi connectivity index (χ0n) is 14.1. The number of fused-ring (bicyclic) bond motifs is 1. The molecule has 0 bridgehead atoms. The largest absolute Gasteiger partial charge is 0.326 e. The van der Waals surface area contributed by atoms with Crippen molar-refractivity contribution in [2.45, 2.75) is 43.7 Å². The molecule has 26 heavy (non-hydrogen) atoms. The fourth-order valence-corrected chi connectivity index (χ4v) is 3.92. The van der Waals surface area contributed by atoms with Crippen LogP contribution in [0.2, 0.25) is 0 Å². The number of aromatic nitrogens is 1. The fraction of sp³-hybridized carbons (Fsp3) is 0.421. The topological polar surface area (TPSA) is 60.2 Å². The van der Waals surface area contributed by atoms with Crippen molar-refractivity contribution in [3.05, 3.63) is 36.7 Å². The summed E-state index contributed by atoms with van der Waals surface area (Å²) in [5.41, 5.74) is 0.586. The molecule has 4 rings (SSSR count). The molecule has 1 atom stereocenters. The number of anilines is 1. The molecule has 1 saturated carbocycles. The van der Waals surface area contributed by atoms with Gasteiger partial charge in [-0.05, 0) is 12.8 Å². The first kappa shape index (κ1) is 16.7. The molecule has 7 heteroatoms. The van der Waals surface area contributed by atoms with E-state index in [1.165, 1.54) is 4.90 Å². The molecular weight excluding hydrogens is 338 g/mol. The molecule has 2 aromatic rings. The van der Waals surface area contributed by atoms with Crippen LogP contribution in [0.5, 0.6) is 0 Å². The Morgan fingerprint density at radius 1 is 1.19 bits per heavy atom.